The number of pyridine rings is 1. The van der Waals surface area contributed by atoms with Gasteiger partial charge in [0.25, 0.3) is 5.91 Å². The van der Waals surface area contributed by atoms with Crippen molar-refractivity contribution in [1.82, 2.24) is 10.3 Å². The number of hydrogen-bond acceptors (Lipinski definition) is 3. The minimum atomic E-state index is -0.284. The van der Waals surface area contributed by atoms with Crippen LogP contribution in [0.15, 0.2) is 23.2 Å². The molecule has 0 spiro atoms. The van der Waals surface area contributed by atoms with Crippen molar-refractivity contribution in [1.29, 1.82) is 5.26 Å². The fourth-order valence-corrected chi connectivity index (χ4v) is 1.21. The number of carbonyl (C=O) groups is 1. The minimum Gasteiger partial charge on any atom is -0.346 e. The highest BCUT2D eigenvalue weighted by molar-refractivity contribution is 9.11. The summed E-state index contributed by atoms with van der Waals surface area (Å²) in [5, 5.41) is 11.3. The van der Waals surface area contributed by atoms with Crippen LogP contribution >= 0.6 is 15.9 Å². The number of hydrogen-bond donors (Lipinski definition) is 1. The quantitative estimate of drug-likeness (QED) is 0.919. The van der Waals surface area contributed by atoms with Crippen molar-refractivity contribution < 1.29 is 4.79 Å². The van der Waals surface area contributed by atoms with Crippen molar-refractivity contribution in [3.05, 3.63) is 40.1 Å². The summed E-state index contributed by atoms with van der Waals surface area (Å²) in [6, 6.07) is 5.10. The van der Waals surface area contributed by atoms with Crippen LogP contribution in [0, 0.1) is 18.3 Å². The Hall–Kier alpha value is -1.67. The van der Waals surface area contributed by atoms with Gasteiger partial charge >= 0.3 is 0 Å². The first kappa shape index (κ1) is 12.4. The highest BCUT2D eigenvalue weighted by Gasteiger charge is 2.08. The Morgan fingerprint density at radius 2 is 2.38 bits per heavy atom. The van der Waals surface area contributed by atoms with Crippen LogP contribution in [-0.2, 0) is 0 Å². The normalized spacial score (nSPS) is 9.31. The molecule has 5 heteroatoms. The molecule has 0 fully saturated rings. The molecule has 0 radical (unpaired) electrons. The number of nitrogens with one attached hydrogen (secondary N) is 1. The summed E-state index contributed by atoms with van der Waals surface area (Å²) >= 11 is 3.14. The van der Waals surface area contributed by atoms with Gasteiger partial charge in [-0.05, 0) is 19.1 Å². The lowest BCUT2D eigenvalue weighted by Crippen LogP contribution is -2.25. The van der Waals surface area contributed by atoms with Crippen LogP contribution in [0.25, 0.3) is 0 Å². The van der Waals surface area contributed by atoms with Crippen molar-refractivity contribution in [2.45, 2.75) is 6.92 Å². The Morgan fingerprint density at radius 3 is 2.88 bits per heavy atom. The second kappa shape index (κ2) is 5.42. The summed E-state index contributed by atoms with van der Waals surface area (Å²) in [4.78, 5) is 15.6. The monoisotopic (exact) mass is 279 g/mol. The smallest absolute Gasteiger partial charge is 0.270 e. The molecule has 0 unspecified atom stereocenters. The van der Waals surface area contributed by atoms with Crippen molar-refractivity contribution in [3.8, 4) is 6.07 Å². The molecule has 1 aromatic rings. The SMILES string of the molecule is C=C(Br)CNC(=O)c1ccc(C#N)c(C)n1. The molecule has 1 heterocycles. The number of halogens is 1. The minimum absolute atomic E-state index is 0.284. The van der Waals surface area contributed by atoms with Crippen molar-refractivity contribution >= 4 is 21.8 Å². The zero-order valence-electron chi connectivity index (χ0n) is 8.75. The maximum Gasteiger partial charge on any atom is 0.270 e. The van der Waals surface area contributed by atoms with Gasteiger partial charge in [0.15, 0.2) is 0 Å². The summed E-state index contributed by atoms with van der Waals surface area (Å²) < 4.78 is 0.686. The number of amides is 1. The topological polar surface area (TPSA) is 65.8 Å². The van der Waals surface area contributed by atoms with E-state index in [2.05, 4.69) is 32.8 Å². The van der Waals surface area contributed by atoms with Gasteiger partial charge in [0, 0.05) is 11.0 Å². The third-order valence-electron chi connectivity index (χ3n) is 1.88. The fraction of sp³-hybridized carbons (Fsp3) is 0.182. The zero-order valence-corrected chi connectivity index (χ0v) is 10.3. The van der Waals surface area contributed by atoms with Crippen molar-refractivity contribution in [2.75, 3.05) is 6.54 Å². The van der Waals surface area contributed by atoms with Crippen LogP contribution in [0.3, 0.4) is 0 Å². The summed E-state index contributed by atoms with van der Waals surface area (Å²) in [6.45, 7) is 5.64. The number of aromatic nitrogens is 1. The molecule has 0 aliphatic carbocycles. The molecule has 1 amide bonds. The molecule has 1 N–H and O–H groups in total. The Balaban J connectivity index is 2.82. The summed E-state index contributed by atoms with van der Waals surface area (Å²) in [5.41, 5.74) is 1.32. The van der Waals surface area contributed by atoms with Gasteiger partial charge in [-0.15, -0.1) is 0 Å². The van der Waals surface area contributed by atoms with Gasteiger partial charge in [-0.1, -0.05) is 22.5 Å². The van der Waals surface area contributed by atoms with Gasteiger partial charge in [-0.25, -0.2) is 4.98 Å². The van der Waals surface area contributed by atoms with Crippen molar-refractivity contribution in [3.63, 3.8) is 0 Å². The zero-order chi connectivity index (χ0) is 12.1. The van der Waals surface area contributed by atoms with Gasteiger partial charge in [0.2, 0.25) is 0 Å². The van der Waals surface area contributed by atoms with Gasteiger partial charge in [-0.3, -0.25) is 4.79 Å². The van der Waals surface area contributed by atoms with Crippen LogP contribution in [0.4, 0.5) is 0 Å². The van der Waals surface area contributed by atoms with Crippen molar-refractivity contribution in [2.24, 2.45) is 0 Å². The molecule has 0 aromatic carbocycles. The number of nitriles is 1. The fourth-order valence-electron chi connectivity index (χ4n) is 1.07. The van der Waals surface area contributed by atoms with Gasteiger partial charge in [0.05, 0.1) is 11.3 Å². The molecule has 16 heavy (non-hydrogen) atoms. The Bertz CT molecular complexity index is 477. The van der Waals surface area contributed by atoms with E-state index < -0.39 is 0 Å². The third-order valence-corrected chi connectivity index (χ3v) is 2.16. The number of rotatable bonds is 3. The van der Waals surface area contributed by atoms with Crippen LogP contribution in [0.5, 0.6) is 0 Å². The molecular weight excluding hydrogens is 270 g/mol. The molecule has 1 aromatic heterocycles. The lowest BCUT2D eigenvalue weighted by atomic mass is 10.2. The van der Waals surface area contributed by atoms with E-state index in [9.17, 15) is 4.79 Å². The van der Waals surface area contributed by atoms with E-state index in [4.69, 9.17) is 5.26 Å². The Labute approximate surface area is 102 Å². The predicted molar refractivity (Wildman–Crippen MR) is 64.1 cm³/mol. The van der Waals surface area contributed by atoms with E-state index in [0.717, 1.165) is 0 Å². The third kappa shape index (κ3) is 3.17. The molecular formula is C11H10BrN3O. The number of aryl methyl sites for hydroxylation is 1. The lowest BCUT2D eigenvalue weighted by Gasteiger charge is -2.04. The van der Waals surface area contributed by atoms with E-state index in [1.165, 1.54) is 6.07 Å². The second-order valence-electron chi connectivity index (χ2n) is 3.14. The molecule has 1 rings (SSSR count). The van der Waals surface area contributed by atoms with Crippen LogP contribution < -0.4 is 5.32 Å². The predicted octanol–water partition coefficient (Wildman–Crippen LogP) is 1.90. The van der Waals surface area contributed by atoms with Crippen LogP contribution in [0.2, 0.25) is 0 Å². The Kier molecular flexibility index (Phi) is 4.20. The van der Waals surface area contributed by atoms with E-state index in [1.807, 2.05) is 6.07 Å². The highest BCUT2D eigenvalue weighted by Crippen LogP contribution is 2.05. The van der Waals surface area contributed by atoms with E-state index >= 15 is 0 Å². The molecule has 0 atom stereocenters. The van der Waals surface area contributed by atoms with Crippen LogP contribution in [0.1, 0.15) is 21.7 Å². The molecule has 0 saturated carbocycles. The average molecular weight is 280 g/mol. The molecule has 82 valence electrons. The second-order valence-corrected chi connectivity index (χ2v) is 4.26. The first-order valence-corrected chi connectivity index (χ1v) is 5.33. The average Bonchev–Trinajstić information content (AvgIpc) is 2.25. The number of carbonyl (C=O) groups excluding carboxylic acids is 1. The largest absolute Gasteiger partial charge is 0.346 e. The number of nitrogens with zero attached hydrogens (tertiary/aromatic N) is 2. The lowest BCUT2D eigenvalue weighted by molar-refractivity contribution is 0.0952. The maximum atomic E-state index is 11.6. The Morgan fingerprint density at radius 1 is 1.69 bits per heavy atom. The summed E-state index contributed by atoms with van der Waals surface area (Å²) in [7, 11) is 0. The molecule has 0 aliphatic rings. The van der Waals surface area contributed by atoms with Crippen LogP contribution in [-0.4, -0.2) is 17.4 Å². The van der Waals surface area contributed by atoms with E-state index in [-0.39, 0.29) is 5.91 Å². The van der Waals surface area contributed by atoms with E-state index in [1.54, 1.807) is 13.0 Å². The van der Waals surface area contributed by atoms with Gasteiger partial charge in [-0.2, -0.15) is 5.26 Å². The maximum absolute atomic E-state index is 11.6. The standard InChI is InChI=1S/C11H10BrN3O/c1-7(12)6-14-11(16)10-4-3-9(5-13)8(2)15-10/h3-4H,1,6H2,2H3,(H,14,16). The molecule has 0 saturated heterocycles. The highest BCUT2D eigenvalue weighted by atomic mass is 79.9. The summed E-state index contributed by atoms with van der Waals surface area (Å²) in [5.74, 6) is -0.284. The molecule has 4 nitrogen and oxygen atoms in total. The van der Waals surface area contributed by atoms with E-state index in [0.29, 0.717) is 28.0 Å². The first-order valence-electron chi connectivity index (χ1n) is 4.54. The van der Waals surface area contributed by atoms with Gasteiger partial charge < -0.3 is 5.32 Å². The summed E-state index contributed by atoms with van der Waals surface area (Å²) in [6.07, 6.45) is 0. The molecule has 0 bridgehead atoms. The molecule has 0 aliphatic heterocycles. The van der Waals surface area contributed by atoms with Gasteiger partial charge in [0.1, 0.15) is 11.8 Å². The first-order chi connectivity index (χ1) is 7.54.